The Bertz CT molecular complexity index is 807. The molecule has 0 aliphatic heterocycles. The van der Waals surface area contributed by atoms with Gasteiger partial charge in [0.1, 0.15) is 5.82 Å². The summed E-state index contributed by atoms with van der Waals surface area (Å²) in [6, 6.07) is 14.3. The van der Waals surface area contributed by atoms with Crippen molar-refractivity contribution in [2.75, 3.05) is 0 Å². The van der Waals surface area contributed by atoms with Crippen molar-refractivity contribution in [3.05, 3.63) is 76.4 Å². The van der Waals surface area contributed by atoms with Crippen LogP contribution < -0.4 is 0 Å². The van der Waals surface area contributed by atoms with Crippen LogP contribution in [0.5, 0.6) is 0 Å². The van der Waals surface area contributed by atoms with E-state index in [-0.39, 0.29) is 17.5 Å². The minimum Gasteiger partial charge on any atom is -0.416 e. The fourth-order valence-corrected chi connectivity index (χ4v) is 3.41. The zero-order chi connectivity index (χ0) is 16.9. The average Bonchev–Trinajstić information content (AvgIpc) is 3.03. The maximum absolute atomic E-state index is 13.7. The van der Waals surface area contributed by atoms with Crippen LogP contribution in [0.2, 0.25) is 5.02 Å². The molecule has 3 nitrogen and oxygen atoms in total. The fraction of sp³-hybridized carbons (Fsp3) is 0.222. The molecule has 0 N–H and O–H groups in total. The van der Waals surface area contributed by atoms with E-state index in [0.29, 0.717) is 21.7 Å². The van der Waals surface area contributed by atoms with Crippen LogP contribution in [-0.4, -0.2) is 10.2 Å². The monoisotopic (exact) mass is 362 g/mol. The second-order valence-electron chi connectivity index (χ2n) is 5.30. The van der Waals surface area contributed by atoms with Gasteiger partial charge in [0.2, 0.25) is 5.89 Å². The van der Waals surface area contributed by atoms with Gasteiger partial charge >= 0.3 is 0 Å². The lowest BCUT2D eigenvalue weighted by atomic mass is 10.1. The first kappa shape index (κ1) is 17.0. The molecule has 0 aliphatic rings. The Morgan fingerprint density at radius 3 is 2.58 bits per heavy atom. The zero-order valence-electron chi connectivity index (χ0n) is 13.1. The van der Waals surface area contributed by atoms with Crippen LogP contribution in [0.25, 0.3) is 0 Å². The number of thioether (sulfide) groups is 1. The van der Waals surface area contributed by atoms with Gasteiger partial charge in [-0.1, -0.05) is 60.6 Å². The van der Waals surface area contributed by atoms with Crippen molar-refractivity contribution in [2.45, 2.75) is 30.2 Å². The highest BCUT2D eigenvalue weighted by Crippen LogP contribution is 2.37. The molecule has 1 aromatic heterocycles. The van der Waals surface area contributed by atoms with Crippen molar-refractivity contribution in [3.8, 4) is 0 Å². The highest BCUT2D eigenvalue weighted by Gasteiger charge is 2.16. The van der Waals surface area contributed by atoms with Gasteiger partial charge in [-0.25, -0.2) is 4.39 Å². The fourth-order valence-electron chi connectivity index (χ4n) is 2.35. The lowest BCUT2D eigenvalue weighted by Crippen LogP contribution is -1.92. The van der Waals surface area contributed by atoms with Gasteiger partial charge < -0.3 is 4.42 Å². The quantitative estimate of drug-likeness (QED) is 0.527. The van der Waals surface area contributed by atoms with Crippen LogP contribution in [-0.2, 0) is 6.42 Å². The van der Waals surface area contributed by atoms with Crippen molar-refractivity contribution >= 4 is 23.4 Å². The molecule has 1 unspecified atom stereocenters. The molecule has 6 heteroatoms. The van der Waals surface area contributed by atoms with E-state index in [1.807, 2.05) is 24.3 Å². The molecular weight excluding hydrogens is 347 g/mol. The summed E-state index contributed by atoms with van der Waals surface area (Å²) < 4.78 is 19.4. The van der Waals surface area contributed by atoms with Gasteiger partial charge in [-0.2, -0.15) is 0 Å². The second kappa shape index (κ2) is 7.81. The molecule has 1 heterocycles. The molecule has 0 aliphatic carbocycles. The molecule has 0 saturated heterocycles. The van der Waals surface area contributed by atoms with Gasteiger partial charge in [0.15, 0.2) is 0 Å². The summed E-state index contributed by atoms with van der Waals surface area (Å²) in [6.07, 6.45) is 1.20. The molecule has 124 valence electrons. The number of rotatable bonds is 6. The summed E-state index contributed by atoms with van der Waals surface area (Å²) in [5, 5.41) is 9.49. The van der Waals surface area contributed by atoms with E-state index in [2.05, 4.69) is 17.1 Å². The van der Waals surface area contributed by atoms with E-state index in [0.717, 1.165) is 12.0 Å². The van der Waals surface area contributed by atoms with E-state index >= 15 is 0 Å². The standard InChI is InChI=1S/C18H16ClFN2OS/c1-2-16(12-7-9-14(19)10-8-12)24-18-22-21-17(23-18)11-13-5-3-4-6-15(13)20/h3-10,16H,2,11H2,1H3. The topological polar surface area (TPSA) is 38.9 Å². The van der Waals surface area contributed by atoms with Gasteiger partial charge in [-0.3, -0.25) is 0 Å². The van der Waals surface area contributed by atoms with E-state index in [9.17, 15) is 4.39 Å². The third-order valence-corrected chi connectivity index (χ3v) is 5.11. The lowest BCUT2D eigenvalue weighted by Gasteiger charge is -2.12. The summed E-state index contributed by atoms with van der Waals surface area (Å²) >= 11 is 7.44. The number of benzene rings is 2. The van der Waals surface area contributed by atoms with Crippen LogP contribution in [0.15, 0.2) is 58.2 Å². The maximum Gasteiger partial charge on any atom is 0.277 e. The molecule has 0 fully saturated rings. The summed E-state index contributed by atoms with van der Waals surface area (Å²) in [7, 11) is 0. The van der Waals surface area contributed by atoms with Crippen molar-refractivity contribution in [3.63, 3.8) is 0 Å². The van der Waals surface area contributed by atoms with E-state index in [1.54, 1.807) is 18.2 Å². The van der Waals surface area contributed by atoms with Crippen LogP contribution in [0, 0.1) is 5.82 Å². The Hall–Kier alpha value is -1.85. The number of aromatic nitrogens is 2. The Balaban J connectivity index is 1.70. The summed E-state index contributed by atoms with van der Waals surface area (Å²) in [5.74, 6) is 0.145. The maximum atomic E-state index is 13.7. The summed E-state index contributed by atoms with van der Waals surface area (Å²) in [6.45, 7) is 2.10. The molecule has 0 radical (unpaired) electrons. The van der Waals surface area contributed by atoms with Gasteiger partial charge in [-0.05, 0) is 35.7 Å². The van der Waals surface area contributed by atoms with Crippen molar-refractivity contribution < 1.29 is 8.81 Å². The molecule has 0 bridgehead atoms. The minimum atomic E-state index is -0.266. The number of nitrogens with zero attached hydrogens (tertiary/aromatic N) is 2. The summed E-state index contributed by atoms with van der Waals surface area (Å²) in [4.78, 5) is 0. The first-order valence-corrected chi connectivity index (χ1v) is 8.89. The number of hydrogen-bond acceptors (Lipinski definition) is 4. The molecule has 24 heavy (non-hydrogen) atoms. The molecule has 3 aromatic rings. The largest absolute Gasteiger partial charge is 0.416 e. The molecule has 2 aromatic carbocycles. The van der Waals surface area contributed by atoms with Crippen molar-refractivity contribution in [1.29, 1.82) is 0 Å². The van der Waals surface area contributed by atoms with Crippen molar-refractivity contribution in [2.24, 2.45) is 0 Å². The van der Waals surface area contributed by atoms with E-state index < -0.39 is 0 Å². The number of hydrogen-bond donors (Lipinski definition) is 0. The van der Waals surface area contributed by atoms with Crippen LogP contribution in [0.4, 0.5) is 4.39 Å². The van der Waals surface area contributed by atoms with Crippen LogP contribution in [0.3, 0.4) is 0 Å². The third kappa shape index (κ3) is 4.16. The van der Waals surface area contributed by atoms with Crippen LogP contribution in [0.1, 0.15) is 35.6 Å². The highest BCUT2D eigenvalue weighted by atomic mass is 35.5. The predicted octanol–water partition coefficient (Wildman–Crippen LogP) is 5.70. The number of halogens is 2. The minimum absolute atomic E-state index is 0.198. The normalized spacial score (nSPS) is 12.3. The van der Waals surface area contributed by atoms with Gasteiger partial charge in [-0.15, -0.1) is 10.2 Å². The van der Waals surface area contributed by atoms with E-state index in [4.69, 9.17) is 16.0 Å². The SMILES string of the molecule is CCC(Sc1nnc(Cc2ccccc2F)o1)c1ccc(Cl)cc1. The smallest absolute Gasteiger partial charge is 0.277 e. The first-order valence-electron chi connectivity index (χ1n) is 7.63. The molecule has 0 spiro atoms. The summed E-state index contributed by atoms with van der Waals surface area (Å²) in [5.41, 5.74) is 1.70. The lowest BCUT2D eigenvalue weighted by molar-refractivity contribution is 0.417. The van der Waals surface area contributed by atoms with E-state index in [1.165, 1.54) is 17.8 Å². The Kier molecular flexibility index (Phi) is 5.53. The highest BCUT2D eigenvalue weighted by molar-refractivity contribution is 7.99. The second-order valence-corrected chi connectivity index (χ2v) is 6.89. The van der Waals surface area contributed by atoms with Gasteiger partial charge in [0.25, 0.3) is 5.22 Å². The van der Waals surface area contributed by atoms with Gasteiger partial charge in [0.05, 0.1) is 6.42 Å². The molecule has 0 amide bonds. The Labute approximate surface area is 149 Å². The zero-order valence-corrected chi connectivity index (χ0v) is 14.6. The van der Waals surface area contributed by atoms with Gasteiger partial charge in [0, 0.05) is 10.3 Å². The van der Waals surface area contributed by atoms with Crippen LogP contribution >= 0.6 is 23.4 Å². The Morgan fingerprint density at radius 2 is 1.88 bits per heavy atom. The molecular formula is C18H16ClFN2OS. The average molecular weight is 363 g/mol. The third-order valence-electron chi connectivity index (χ3n) is 3.60. The molecule has 0 saturated carbocycles. The van der Waals surface area contributed by atoms with Crippen molar-refractivity contribution in [1.82, 2.24) is 10.2 Å². The predicted molar refractivity (Wildman–Crippen MR) is 93.8 cm³/mol. The Morgan fingerprint density at radius 1 is 1.12 bits per heavy atom. The molecule has 3 rings (SSSR count). The molecule has 1 atom stereocenters. The first-order chi connectivity index (χ1) is 11.7.